The van der Waals surface area contributed by atoms with Gasteiger partial charge in [-0.15, -0.1) is 0 Å². The fourth-order valence-electron chi connectivity index (χ4n) is 2.00. The topological polar surface area (TPSA) is 67.2 Å². The molecule has 2 rings (SSSR count). The minimum absolute atomic E-state index is 0.0236. The van der Waals surface area contributed by atoms with Gasteiger partial charge in [-0.1, -0.05) is 30.3 Å². The maximum absolute atomic E-state index is 11.4. The Kier molecular flexibility index (Phi) is 4.30. The molecule has 0 radical (unpaired) electrons. The van der Waals surface area contributed by atoms with Gasteiger partial charge < -0.3 is 9.67 Å². The molecule has 0 aliphatic heterocycles. The first kappa shape index (κ1) is 13.3. The normalized spacial score (nSPS) is 13.9. The van der Waals surface area contributed by atoms with Crippen LogP contribution < -0.4 is 5.32 Å². The second kappa shape index (κ2) is 6.15. The summed E-state index contributed by atoms with van der Waals surface area (Å²) in [6.07, 6.45) is 5.28. The Morgan fingerprint density at radius 1 is 1.42 bits per heavy atom. The van der Waals surface area contributed by atoms with Gasteiger partial charge in [-0.2, -0.15) is 0 Å². The molecule has 1 aromatic carbocycles. The first-order valence-corrected chi connectivity index (χ1v) is 6.16. The van der Waals surface area contributed by atoms with Crippen LogP contribution in [0.5, 0.6) is 0 Å². The minimum atomic E-state index is -0.872. The number of nitrogens with one attached hydrogen (secondary N) is 1. The summed E-state index contributed by atoms with van der Waals surface area (Å²) < 4.78 is 1.92. The van der Waals surface area contributed by atoms with E-state index in [-0.39, 0.29) is 6.04 Å². The van der Waals surface area contributed by atoms with Crippen LogP contribution in [-0.4, -0.2) is 26.7 Å². The summed E-state index contributed by atoms with van der Waals surface area (Å²) in [6, 6.07) is 8.51. The standard InChI is InChI=1S/C14H17N3O2/c1-11(9-17-8-7-15-10-17)16-13(14(18)19)12-5-3-2-4-6-12/h2-8,10-11,13,16H,9H2,1H3,(H,18,19). The molecule has 5 nitrogen and oxygen atoms in total. The molecular weight excluding hydrogens is 242 g/mol. The number of carboxylic acid groups (broad SMARTS) is 1. The zero-order chi connectivity index (χ0) is 13.7. The van der Waals surface area contributed by atoms with Crippen molar-refractivity contribution in [2.45, 2.75) is 25.6 Å². The molecular formula is C14H17N3O2. The fraction of sp³-hybridized carbons (Fsp3) is 0.286. The molecule has 2 atom stereocenters. The van der Waals surface area contributed by atoms with Gasteiger partial charge in [0.25, 0.3) is 0 Å². The zero-order valence-electron chi connectivity index (χ0n) is 10.7. The Morgan fingerprint density at radius 2 is 2.16 bits per heavy atom. The number of carbonyl (C=O) groups is 1. The Morgan fingerprint density at radius 3 is 2.74 bits per heavy atom. The van der Waals surface area contributed by atoms with Gasteiger partial charge in [-0.3, -0.25) is 10.1 Å². The number of aliphatic carboxylic acids is 1. The van der Waals surface area contributed by atoms with Crippen LogP contribution in [0.15, 0.2) is 49.1 Å². The largest absolute Gasteiger partial charge is 0.480 e. The van der Waals surface area contributed by atoms with Crippen molar-refractivity contribution in [1.82, 2.24) is 14.9 Å². The lowest BCUT2D eigenvalue weighted by atomic mass is 10.1. The Balaban J connectivity index is 2.03. The van der Waals surface area contributed by atoms with E-state index in [1.807, 2.05) is 48.0 Å². The number of rotatable bonds is 6. The van der Waals surface area contributed by atoms with Crippen molar-refractivity contribution in [2.75, 3.05) is 0 Å². The number of imidazole rings is 1. The Bertz CT molecular complexity index is 511. The van der Waals surface area contributed by atoms with Crippen molar-refractivity contribution in [3.05, 3.63) is 54.6 Å². The van der Waals surface area contributed by atoms with Gasteiger partial charge in [0.15, 0.2) is 0 Å². The van der Waals surface area contributed by atoms with Gasteiger partial charge in [0, 0.05) is 25.0 Å². The van der Waals surface area contributed by atoms with Gasteiger partial charge >= 0.3 is 5.97 Å². The van der Waals surface area contributed by atoms with E-state index >= 15 is 0 Å². The number of benzene rings is 1. The van der Waals surface area contributed by atoms with E-state index in [4.69, 9.17) is 0 Å². The predicted molar refractivity (Wildman–Crippen MR) is 71.6 cm³/mol. The molecule has 5 heteroatoms. The van der Waals surface area contributed by atoms with E-state index in [1.54, 1.807) is 12.5 Å². The third-order valence-electron chi connectivity index (χ3n) is 2.87. The minimum Gasteiger partial charge on any atom is -0.480 e. The number of nitrogens with zero attached hydrogens (tertiary/aromatic N) is 2. The number of hydrogen-bond acceptors (Lipinski definition) is 3. The smallest absolute Gasteiger partial charge is 0.325 e. The SMILES string of the molecule is CC(Cn1ccnc1)NC(C(=O)O)c1ccccc1. The molecule has 0 amide bonds. The van der Waals surface area contributed by atoms with E-state index in [2.05, 4.69) is 10.3 Å². The highest BCUT2D eigenvalue weighted by Gasteiger charge is 2.21. The maximum atomic E-state index is 11.4. The second-order valence-corrected chi connectivity index (χ2v) is 4.51. The highest BCUT2D eigenvalue weighted by molar-refractivity contribution is 5.75. The van der Waals surface area contributed by atoms with Crippen LogP contribution in [0, 0.1) is 0 Å². The summed E-state index contributed by atoms with van der Waals surface area (Å²) in [5, 5.41) is 12.4. The molecule has 1 heterocycles. The highest BCUT2D eigenvalue weighted by atomic mass is 16.4. The molecule has 0 fully saturated rings. The fourth-order valence-corrected chi connectivity index (χ4v) is 2.00. The van der Waals surface area contributed by atoms with Gasteiger partial charge in [0.2, 0.25) is 0 Å². The van der Waals surface area contributed by atoms with Crippen LogP contribution in [0.3, 0.4) is 0 Å². The average Bonchev–Trinajstić information content (AvgIpc) is 2.89. The number of hydrogen-bond donors (Lipinski definition) is 2. The summed E-state index contributed by atoms with van der Waals surface area (Å²) in [5.74, 6) is -0.872. The second-order valence-electron chi connectivity index (χ2n) is 4.51. The maximum Gasteiger partial charge on any atom is 0.325 e. The molecule has 0 saturated carbocycles. The summed E-state index contributed by atoms with van der Waals surface area (Å²) in [7, 11) is 0. The van der Waals surface area contributed by atoms with Crippen molar-refractivity contribution in [3.63, 3.8) is 0 Å². The van der Waals surface area contributed by atoms with Crippen molar-refractivity contribution in [2.24, 2.45) is 0 Å². The molecule has 0 saturated heterocycles. The van der Waals surface area contributed by atoms with Crippen LogP contribution in [0.25, 0.3) is 0 Å². The monoisotopic (exact) mass is 259 g/mol. The quantitative estimate of drug-likeness (QED) is 0.828. The Hall–Kier alpha value is -2.14. The van der Waals surface area contributed by atoms with Gasteiger partial charge in [-0.05, 0) is 12.5 Å². The van der Waals surface area contributed by atoms with E-state index in [0.29, 0.717) is 6.54 Å². The van der Waals surface area contributed by atoms with Gasteiger partial charge in [-0.25, -0.2) is 4.98 Å². The first-order valence-electron chi connectivity index (χ1n) is 6.16. The zero-order valence-corrected chi connectivity index (χ0v) is 10.7. The molecule has 2 aromatic rings. The summed E-state index contributed by atoms with van der Waals surface area (Å²) in [6.45, 7) is 2.63. The summed E-state index contributed by atoms with van der Waals surface area (Å²) in [5.41, 5.74) is 0.757. The van der Waals surface area contributed by atoms with Crippen LogP contribution >= 0.6 is 0 Å². The van der Waals surface area contributed by atoms with Crippen LogP contribution in [0.2, 0.25) is 0 Å². The van der Waals surface area contributed by atoms with E-state index in [9.17, 15) is 9.90 Å². The van der Waals surface area contributed by atoms with Crippen molar-refractivity contribution >= 4 is 5.97 Å². The van der Waals surface area contributed by atoms with Crippen LogP contribution in [0.1, 0.15) is 18.5 Å². The van der Waals surface area contributed by atoms with Crippen molar-refractivity contribution < 1.29 is 9.90 Å². The molecule has 1 aromatic heterocycles. The van der Waals surface area contributed by atoms with Crippen molar-refractivity contribution in [3.8, 4) is 0 Å². The molecule has 2 N–H and O–H groups in total. The van der Waals surface area contributed by atoms with Gasteiger partial charge in [0.1, 0.15) is 6.04 Å². The number of carboxylic acids is 1. The molecule has 2 unspecified atom stereocenters. The highest BCUT2D eigenvalue weighted by Crippen LogP contribution is 2.13. The van der Waals surface area contributed by atoms with Crippen LogP contribution in [-0.2, 0) is 11.3 Å². The predicted octanol–water partition coefficient (Wildman–Crippen LogP) is 1.69. The van der Waals surface area contributed by atoms with E-state index in [0.717, 1.165) is 5.56 Å². The lowest BCUT2D eigenvalue weighted by molar-refractivity contribution is -0.139. The third kappa shape index (κ3) is 3.66. The lowest BCUT2D eigenvalue weighted by Crippen LogP contribution is -2.37. The molecule has 0 spiro atoms. The third-order valence-corrected chi connectivity index (χ3v) is 2.87. The van der Waals surface area contributed by atoms with Crippen molar-refractivity contribution in [1.29, 1.82) is 0 Å². The van der Waals surface area contributed by atoms with Gasteiger partial charge in [0.05, 0.1) is 6.33 Å². The van der Waals surface area contributed by atoms with Crippen LogP contribution in [0.4, 0.5) is 0 Å². The molecule has 19 heavy (non-hydrogen) atoms. The molecule has 0 aliphatic carbocycles. The van der Waals surface area contributed by atoms with E-state index < -0.39 is 12.0 Å². The molecule has 0 aliphatic rings. The summed E-state index contributed by atoms with van der Waals surface area (Å²) >= 11 is 0. The molecule has 100 valence electrons. The Labute approximate surface area is 111 Å². The first-order chi connectivity index (χ1) is 9.16. The summed E-state index contributed by atoms with van der Waals surface area (Å²) in [4.78, 5) is 15.3. The van der Waals surface area contributed by atoms with E-state index in [1.165, 1.54) is 0 Å². The lowest BCUT2D eigenvalue weighted by Gasteiger charge is -2.20. The average molecular weight is 259 g/mol. The molecule has 0 bridgehead atoms. The number of aromatic nitrogens is 2.